The molecule has 0 spiro atoms. The van der Waals surface area contributed by atoms with Crippen LogP contribution in [0, 0.1) is 6.92 Å². The summed E-state index contributed by atoms with van der Waals surface area (Å²) in [4.78, 5) is 6.78. The van der Waals surface area contributed by atoms with Gasteiger partial charge in [-0.15, -0.1) is 0 Å². The van der Waals surface area contributed by atoms with Crippen LogP contribution in [0.5, 0.6) is 0 Å². The number of hydrogen-bond acceptors (Lipinski definition) is 4. The Bertz CT molecular complexity index is 628. The second kappa shape index (κ2) is 5.21. The molecular formula is C11H15N3O2S2. The van der Waals surface area contributed by atoms with Crippen molar-refractivity contribution in [2.45, 2.75) is 31.8 Å². The van der Waals surface area contributed by atoms with Gasteiger partial charge in [-0.3, -0.25) is 0 Å². The third-order valence-electron chi connectivity index (χ3n) is 2.64. The summed E-state index contributed by atoms with van der Waals surface area (Å²) in [7, 11) is -3.51. The zero-order chi connectivity index (χ0) is 13.2. The van der Waals surface area contributed by atoms with E-state index < -0.39 is 10.0 Å². The zero-order valence-corrected chi connectivity index (χ0v) is 11.9. The molecule has 0 bridgehead atoms. The maximum Gasteiger partial charge on any atom is 0.257 e. The number of thiophene rings is 1. The maximum atomic E-state index is 12.0. The number of aromatic amines is 1. The summed E-state index contributed by atoms with van der Waals surface area (Å²) in [5, 5.41) is 4.06. The van der Waals surface area contributed by atoms with Crippen LogP contribution in [-0.2, 0) is 23.0 Å². The van der Waals surface area contributed by atoms with Crippen molar-refractivity contribution < 1.29 is 8.42 Å². The summed E-state index contributed by atoms with van der Waals surface area (Å²) in [6.45, 7) is 4.18. The Kier molecular flexibility index (Phi) is 3.84. The van der Waals surface area contributed by atoms with Gasteiger partial charge in [0.1, 0.15) is 5.82 Å². The summed E-state index contributed by atoms with van der Waals surface area (Å²) in [5.74, 6) is 0.669. The fourth-order valence-electron chi connectivity index (χ4n) is 1.48. The number of sulfonamides is 1. The van der Waals surface area contributed by atoms with Crippen molar-refractivity contribution in [2.75, 3.05) is 0 Å². The first-order chi connectivity index (χ1) is 8.53. The third-order valence-corrected chi connectivity index (χ3v) is 4.86. The van der Waals surface area contributed by atoms with Crippen LogP contribution in [0.4, 0.5) is 0 Å². The van der Waals surface area contributed by atoms with E-state index in [1.165, 1.54) is 6.20 Å². The van der Waals surface area contributed by atoms with E-state index in [1.807, 2.05) is 24.6 Å². The molecule has 98 valence electrons. The molecule has 0 unspecified atom stereocenters. The monoisotopic (exact) mass is 285 g/mol. The lowest BCUT2D eigenvalue weighted by Gasteiger charge is -2.04. The van der Waals surface area contributed by atoms with Crippen molar-refractivity contribution in [1.82, 2.24) is 14.7 Å². The van der Waals surface area contributed by atoms with Gasteiger partial charge in [0.15, 0.2) is 5.03 Å². The van der Waals surface area contributed by atoms with Crippen molar-refractivity contribution >= 4 is 21.4 Å². The molecule has 0 aromatic carbocycles. The van der Waals surface area contributed by atoms with E-state index in [4.69, 9.17) is 0 Å². The predicted octanol–water partition coefficient (Wildman–Crippen LogP) is 1.82. The number of imidazole rings is 1. The van der Waals surface area contributed by atoms with Crippen LogP contribution in [0.3, 0.4) is 0 Å². The summed E-state index contributed by atoms with van der Waals surface area (Å²) in [5.41, 5.74) is 2.10. The number of hydrogen-bond donors (Lipinski definition) is 2. The zero-order valence-electron chi connectivity index (χ0n) is 10.2. The molecule has 2 aromatic heterocycles. The topological polar surface area (TPSA) is 74.8 Å². The number of aryl methyl sites for hydroxylation is 2. The largest absolute Gasteiger partial charge is 0.332 e. The van der Waals surface area contributed by atoms with E-state index in [0.717, 1.165) is 11.1 Å². The molecule has 0 saturated heterocycles. The van der Waals surface area contributed by atoms with Gasteiger partial charge in [-0.05, 0) is 28.8 Å². The Balaban J connectivity index is 2.10. The van der Waals surface area contributed by atoms with E-state index in [1.54, 1.807) is 11.3 Å². The van der Waals surface area contributed by atoms with Crippen molar-refractivity contribution in [2.24, 2.45) is 0 Å². The molecule has 2 N–H and O–H groups in total. The SMILES string of the molecule is CCc1ncc(S(=O)(=O)NCc2cscc2C)[nH]1. The minimum atomic E-state index is -3.51. The molecule has 18 heavy (non-hydrogen) atoms. The van der Waals surface area contributed by atoms with Gasteiger partial charge in [-0.25, -0.2) is 18.1 Å². The van der Waals surface area contributed by atoms with E-state index >= 15 is 0 Å². The average Bonchev–Trinajstić information content (AvgIpc) is 2.95. The minimum absolute atomic E-state index is 0.118. The number of rotatable bonds is 5. The van der Waals surface area contributed by atoms with Gasteiger partial charge in [0, 0.05) is 13.0 Å². The fraction of sp³-hybridized carbons (Fsp3) is 0.364. The molecule has 0 aliphatic rings. The van der Waals surface area contributed by atoms with Crippen LogP contribution in [0.25, 0.3) is 0 Å². The van der Waals surface area contributed by atoms with Gasteiger partial charge in [0.2, 0.25) is 0 Å². The van der Waals surface area contributed by atoms with Crippen LogP contribution in [-0.4, -0.2) is 18.4 Å². The van der Waals surface area contributed by atoms with Gasteiger partial charge in [-0.2, -0.15) is 11.3 Å². The molecule has 2 aromatic rings. The molecular weight excluding hydrogens is 270 g/mol. The molecule has 2 heterocycles. The van der Waals surface area contributed by atoms with Crippen LogP contribution in [0.2, 0.25) is 0 Å². The van der Waals surface area contributed by atoms with E-state index in [9.17, 15) is 8.42 Å². The first-order valence-corrected chi connectivity index (χ1v) is 8.00. The van der Waals surface area contributed by atoms with E-state index in [-0.39, 0.29) is 5.03 Å². The lowest BCUT2D eigenvalue weighted by atomic mass is 10.2. The molecule has 0 atom stereocenters. The average molecular weight is 285 g/mol. The van der Waals surface area contributed by atoms with Crippen molar-refractivity contribution in [3.63, 3.8) is 0 Å². The lowest BCUT2D eigenvalue weighted by molar-refractivity contribution is 0.578. The summed E-state index contributed by atoms with van der Waals surface area (Å²) >= 11 is 1.57. The van der Waals surface area contributed by atoms with E-state index in [2.05, 4.69) is 14.7 Å². The summed E-state index contributed by atoms with van der Waals surface area (Å²) in [6.07, 6.45) is 2.03. The Morgan fingerprint density at radius 2 is 2.22 bits per heavy atom. The molecule has 2 rings (SSSR count). The molecule has 0 aliphatic heterocycles. The van der Waals surface area contributed by atoms with Crippen molar-refractivity contribution in [3.05, 3.63) is 33.9 Å². The van der Waals surface area contributed by atoms with Crippen LogP contribution < -0.4 is 4.72 Å². The van der Waals surface area contributed by atoms with Crippen LogP contribution in [0.1, 0.15) is 23.9 Å². The lowest BCUT2D eigenvalue weighted by Crippen LogP contribution is -2.23. The van der Waals surface area contributed by atoms with Gasteiger partial charge in [-0.1, -0.05) is 6.92 Å². The quantitative estimate of drug-likeness (QED) is 0.880. The van der Waals surface area contributed by atoms with Crippen molar-refractivity contribution in [1.29, 1.82) is 0 Å². The molecule has 0 fully saturated rings. The molecule has 0 amide bonds. The molecule has 0 aliphatic carbocycles. The highest BCUT2D eigenvalue weighted by atomic mass is 32.2. The maximum absolute atomic E-state index is 12.0. The molecule has 7 heteroatoms. The second-order valence-electron chi connectivity index (χ2n) is 3.95. The fourth-order valence-corrected chi connectivity index (χ4v) is 3.28. The van der Waals surface area contributed by atoms with Gasteiger partial charge >= 0.3 is 0 Å². The Morgan fingerprint density at radius 1 is 1.44 bits per heavy atom. The Labute approximate surface area is 110 Å². The summed E-state index contributed by atoms with van der Waals surface area (Å²) in [6, 6.07) is 0. The van der Waals surface area contributed by atoms with Crippen molar-refractivity contribution in [3.8, 4) is 0 Å². The minimum Gasteiger partial charge on any atom is -0.332 e. The highest BCUT2D eigenvalue weighted by molar-refractivity contribution is 7.89. The third kappa shape index (κ3) is 2.80. The van der Waals surface area contributed by atoms with Crippen LogP contribution >= 0.6 is 11.3 Å². The van der Waals surface area contributed by atoms with Gasteiger partial charge in [0.25, 0.3) is 10.0 Å². The van der Waals surface area contributed by atoms with E-state index in [0.29, 0.717) is 18.8 Å². The first kappa shape index (κ1) is 13.3. The smallest absolute Gasteiger partial charge is 0.257 e. The number of H-pyrrole nitrogens is 1. The number of aromatic nitrogens is 2. The molecule has 0 radical (unpaired) electrons. The van der Waals surface area contributed by atoms with Crippen LogP contribution in [0.15, 0.2) is 22.0 Å². The Hall–Kier alpha value is -1.18. The normalized spacial score (nSPS) is 11.9. The first-order valence-electron chi connectivity index (χ1n) is 5.58. The standard InChI is InChI=1S/C11H15N3O2S2/c1-3-10-12-5-11(14-10)18(15,16)13-4-9-7-17-6-8(9)2/h5-7,13H,3-4H2,1-2H3,(H,12,14). The van der Waals surface area contributed by atoms with Gasteiger partial charge in [0.05, 0.1) is 6.20 Å². The predicted molar refractivity (Wildman–Crippen MR) is 71.0 cm³/mol. The summed E-state index contributed by atoms with van der Waals surface area (Å²) < 4.78 is 26.5. The second-order valence-corrected chi connectivity index (χ2v) is 6.43. The highest BCUT2D eigenvalue weighted by Crippen LogP contribution is 2.14. The number of nitrogens with zero attached hydrogens (tertiary/aromatic N) is 1. The molecule has 5 nitrogen and oxygen atoms in total. The highest BCUT2D eigenvalue weighted by Gasteiger charge is 2.16. The van der Waals surface area contributed by atoms with Gasteiger partial charge < -0.3 is 4.98 Å². The molecule has 0 saturated carbocycles. The Morgan fingerprint density at radius 3 is 2.78 bits per heavy atom. The number of nitrogens with one attached hydrogen (secondary N) is 2.